The fourth-order valence-electron chi connectivity index (χ4n) is 4.73. The van der Waals surface area contributed by atoms with Crippen molar-refractivity contribution in [1.82, 2.24) is 20.2 Å². The Hall–Kier alpha value is -1.89. The number of carbonyl (C=O) groups excluding carboxylic acids is 1. The average molecular weight is 373 g/mol. The summed E-state index contributed by atoms with van der Waals surface area (Å²) in [6.45, 7) is 7.84. The number of nitrogens with zero attached hydrogens (tertiary/aromatic N) is 5. The zero-order valence-electron chi connectivity index (χ0n) is 16.7. The Morgan fingerprint density at radius 1 is 1.04 bits per heavy atom. The quantitative estimate of drug-likeness (QED) is 0.850. The molecule has 0 aliphatic carbocycles. The van der Waals surface area contributed by atoms with Gasteiger partial charge in [0.05, 0.1) is 0 Å². The lowest BCUT2D eigenvalue weighted by Crippen LogP contribution is -2.61. The van der Waals surface area contributed by atoms with Crippen LogP contribution in [0.25, 0.3) is 0 Å². The van der Waals surface area contributed by atoms with E-state index in [0.29, 0.717) is 6.42 Å². The normalized spacial score (nSPS) is 27.6. The van der Waals surface area contributed by atoms with Crippen LogP contribution < -0.4 is 15.1 Å². The van der Waals surface area contributed by atoms with Gasteiger partial charge in [0.25, 0.3) is 0 Å². The van der Waals surface area contributed by atoms with Crippen LogP contribution in [0.5, 0.6) is 0 Å². The van der Waals surface area contributed by atoms with Gasteiger partial charge in [-0.25, -0.2) is 4.98 Å². The van der Waals surface area contributed by atoms with Gasteiger partial charge in [0, 0.05) is 63.0 Å². The molecule has 7 heteroatoms. The second-order valence-corrected chi connectivity index (χ2v) is 8.38. The van der Waals surface area contributed by atoms with Crippen LogP contribution >= 0.6 is 0 Å². The number of likely N-dealkylation sites (N-methyl/N-ethyl adjacent to an activating group) is 1. The van der Waals surface area contributed by atoms with E-state index in [0.717, 1.165) is 69.6 Å². The van der Waals surface area contributed by atoms with Gasteiger partial charge in [-0.3, -0.25) is 9.69 Å². The molecule has 3 fully saturated rings. The first-order chi connectivity index (χ1) is 13.1. The number of amides is 1. The van der Waals surface area contributed by atoms with E-state index in [9.17, 15) is 4.79 Å². The maximum atomic E-state index is 11.9. The standard InChI is InChI=1S/C20H32N6O/c1-16-14-17(23-19(22-16)25-10-4-3-5-11-25)26-13-12-24(2)20(15-26)7-6-18(27)21-9-8-20/h14H,3-13,15H2,1-2H3,(H,21,27)/t20-/m0/s1. The maximum absolute atomic E-state index is 11.9. The lowest BCUT2D eigenvalue weighted by molar-refractivity contribution is -0.120. The Morgan fingerprint density at radius 3 is 2.67 bits per heavy atom. The Morgan fingerprint density at radius 2 is 1.85 bits per heavy atom. The first-order valence-electron chi connectivity index (χ1n) is 10.4. The van der Waals surface area contributed by atoms with Crippen molar-refractivity contribution in [2.24, 2.45) is 0 Å². The van der Waals surface area contributed by atoms with Crippen molar-refractivity contribution < 1.29 is 4.79 Å². The Bertz CT molecular complexity index is 689. The van der Waals surface area contributed by atoms with Crippen LogP contribution in [0.2, 0.25) is 0 Å². The van der Waals surface area contributed by atoms with Gasteiger partial charge in [-0.15, -0.1) is 0 Å². The summed E-state index contributed by atoms with van der Waals surface area (Å²) in [5, 5.41) is 3.04. The molecule has 1 aromatic rings. The molecule has 1 spiro atoms. The lowest BCUT2D eigenvalue weighted by atomic mass is 9.86. The van der Waals surface area contributed by atoms with E-state index in [1.165, 1.54) is 19.3 Å². The highest BCUT2D eigenvalue weighted by Crippen LogP contribution is 2.32. The van der Waals surface area contributed by atoms with Gasteiger partial charge < -0.3 is 15.1 Å². The van der Waals surface area contributed by atoms with Crippen LogP contribution in [0, 0.1) is 6.92 Å². The molecule has 3 saturated heterocycles. The minimum atomic E-state index is 0.0432. The summed E-state index contributed by atoms with van der Waals surface area (Å²) >= 11 is 0. The van der Waals surface area contributed by atoms with E-state index in [4.69, 9.17) is 9.97 Å². The van der Waals surface area contributed by atoms with Gasteiger partial charge in [-0.1, -0.05) is 0 Å². The second-order valence-electron chi connectivity index (χ2n) is 8.38. The molecule has 3 aliphatic rings. The van der Waals surface area contributed by atoms with Crippen LogP contribution in [0.3, 0.4) is 0 Å². The minimum Gasteiger partial charge on any atom is -0.356 e. The molecule has 1 N–H and O–H groups in total. The highest BCUT2D eigenvalue weighted by molar-refractivity contribution is 5.76. The van der Waals surface area contributed by atoms with E-state index in [1.54, 1.807) is 0 Å². The van der Waals surface area contributed by atoms with Gasteiger partial charge in [-0.05, 0) is 46.1 Å². The Balaban J connectivity index is 1.57. The molecule has 4 rings (SSSR count). The number of rotatable bonds is 2. The van der Waals surface area contributed by atoms with Crippen molar-refractivity contribution in [3.05, 3.63) is 11.8 Å². The molecule has 4 heterocycles. The number of nitrogens with one attached hydrogen (secondary N) is 1. The number of hydrogen-bond acceptors (Lipinski definition) is 6. The summed E-state index contributed by atoms with van der Waals surface area (Å²) in [7, 11) is 2.21. The van der Waals surface area contributed by atoms with Crippen LogP contribution in [0.15, 0.2) is 6.07 Å². The predicted molar refractivity (Wildman–Crippen MR) is 107 cm³/mol. The molecule has 0 radical (unpaired) electrons. The predicted octanol–water partition coefficient (Wildman–Crippen LogP) is 1.57. The summed E-state index contributed by atoms with van der Waals surface area (Å²) in [6.07, 6.45) is 6.28. The first-order valence-corrected chi connectivity index (χ1v) is 10.4. The third kappa shape index (κ3) is 3.88. The molecule has 3 aliphatic heterocycles. The number of aryl methyl sites for hydroxylation is 1. The van der Waals surface area contributed by atoms with Crippen molar-refractivity contribution in [3.8, 4) is 0 Å². The monoisotopic (exact) mass is 372 g/mol. The van der Waals surface area contributed by atoms with Crippen molar-refractivity contribution in [1.29, 1.82) is 0 Å². The molecule has 0 saturated carbocycles. The summed E-state index contributed by atoms with van der Waals surface area (Å²) in [6, 6.07) is 2.12. The minimum absolute atomic E-state index is 0.0432. The number of piperidine rings is 1. The van der Waals surface area contributed by atoms with Crippen LogP contribution in [-0.2, 0) is 4.79 Å². The first kappa shape index (κ1) is 18.5. The van der Waals surface area contributed by atoms with E-state index < -0.39 is 0 Å². The summed E-state index contributed by atoms with van der Waals surface area (Å²) in [4.78, 5) is 28.8. The molecule has 0 unspecified atom stereocenters. The topological polar surface area (TPSA) is 64.6 Å². The van der Waals surface area contributed by atoms with Crippen molar-refractivity contribution in [3.63, 3.8) is 0 Å². The van der Waals surface area contributed by atoms with E-state index in [1.807, 2.05) is 0 Å². The summed E-state index contributed by atoms with van der Waals surface area (Å²) in [5.41, 5.74) is 1.08. The summed E-state index contributed by atoms with van der Waals surface area (Å²) < 4.78 is 0. The smallest absolute Gasteiger partial charge is 0.227 e. The van der Waals surface area contributed by atoms with E-state index in [2.05, 4.69) is 40.1 Å². The molecule has 1 aromatic heterocycles. The molecule has 1 atom stereocenters. The highest BCUT2D eigenvalue weighted by Gasteiger charge is 2.41. The SMILES string of the molecule is Cc1cc(N2CCN(C)[C@@]3(CCNC(=O)CC3)C2)nc(N2CCCCC2)n1. The molecular weight excluding hydrogens is 340 g/mol. The van der Waals surface area contributed by atoms with E-state index in [-0.39, 0.29) is 11.4 Å². The molecule has 148 valence electrons. The van der Waals surface area contributed by atoms with E-state index >= 15 is 0 Å². The molecule has 1 amide bonds. The number of carbonyl (C=O) groups is 1. The zero-order valence-corrected chi connectivity index (χ0v) is 16.7. The van der Waals surface area contributed by atoms with Gasteiger partial charge in [0.1, 0.15) is 5.82 Å². The fourth-order valence-corrected chi connectivity index (χ4v) is 4.73. The summed E-state index contributed by atoms with van der Waals surface area (Å²) in [5.74, 6) is 2.11. The van der Waals surface area contributed by atoms with Crippen molar-refractivity contribution in [2.75, 3.05) is 56.1 Å². The third-order valence-electron chi connectivity index (χ3n) is 6.52. The zero-order chi connectivity index (χ0) is 18.9. The van der Waals surface area contributed by atoms with Crippen molar-refractivity contribution >= 4 is 17.7 Å². The van der Waals surface area contributed by atoms with Crippen LogP contribution in [0.4, 0.5) is 11.8 Å². The van der Waals surface area contributed by atoms with Crippen LogP contribution in [-0.4, -0.2) is 72.6 Å². The average Bonchev–Trinajstić information content (AvgIpc) is 2.86. The fraction of sp³-hybridized carbons (Fsp3) is 0.750. The number of hydrogen-bond donors (Lipinski definition) is 1. The Kier molecular flexibility index (Phi) is 5.21. The molecule has 7 nitrogen and oxygen atoms in total. The van der Waals surface area contributed by atoms with Gasteiger partial charge in [0.15, 0.2) is 0 Å². The second kappa shape index (κ2) is 7.62. The Labute approximate surface area is 162 Å². The number of aromatic nitrogens is 2. The molecule has 0 aromatic carbocycles. The van der Waals surface area contributed by atoms with Gasteiger partial charge in [0.2, 0.25) is 11.9 Å². The van der Waals surface area contributed by atoms with Crippen LogP contribution in [0.1, 0.15) is 44.2 Å². The molecule has 27 heavy (non-hydrogen) atoms. The van der Waals surface area contributed by atoms with Gasteiger partial charge >= 0.3 is 0 Å². The third-order valence-corrected chi connectivity index (χ3v) is 6.52. The largest absolute Gasteiger partial charge is 0.356 e. The highest BCUT2D eigenvalue weighted by atomic mass is 16.1. The number of anilines is 2. The molecule has 0 bridgehead atoms. The van der Waals surface area contributed by atoms with Crippen molar-refractivity contribution in [2.45, 2.75) is 51.0 Å². The van der Waals surface area contributed by atoms with Gasteiger partial charge in [-0.2, -0.15) is 4.98 Å². The lowest BCUT2D eigenvalue weighted by Gasteiger charge is -2.49. The molecular formula is C20H32N6O. The number of piperazine rings is 1. The maximum Gasteiger partial charge on any atom is 0.227 e.